The second-order valence-electron chi connectivity index (χ2n) is 4.42. The molecule has 0 amide bonds. The Bertz CT molecular complexity index is 528. The number of aliphatic hydroxyl groups excluding tert-OH is 1. The third kappa shape index (κ3) is 1.62. The van der Waals surface area contributed by atoms with Gasteiger partial charge in [0.15, 0.2) is 0 Å². The van der Waals surface area contributed by atoms with E-state index in [1.54, 1.807) is 0 Å². The molecule has 0 aliphatic carbocycles. The first-order chi connectivity index (χ1) is 7.54. The summed E-state index contributed by atoms with van der Waals surface area (Å²) in [5.74, 6) is 0. The summed E-state index contributed by atoms with van der Waals surface area (Å²) in [5.41, 5.74) is 10.1. The van der Waals surface area contributed by atoms with Gasteiger partial charge in [-0.15, -0.1) is 0 Å². The van der Waals surface area contributed by atoms with E-state index in [0.29, 0.717) is 0 Å². The molecular formula is C13H18N2O. The van der Waals surface area contributed by atoms with Crippen LogP contribution in [0.1, 0.15) is 22.8 Å². The van der Waals surface area contributed by atoms with Crippen LogP contribution in [0.5, 0.6) is 0 Å². The quantitative estimate of drug-likeness (QED) is 0.807. The molecule has 2 rings (SSSR count). The molecule has 0 aliphatic heterocycles. The molecule has 0 radical (unpaired) electrons. The molecule has 0 saturated heterocycles. The maximum absolute atomic E-state index is 9.88. The molecule has 1 aromatic heterocycles. The van der Waals surface area contributed by atoms with Crippen molar-refractivity contribution in [1.29, 1.82) is 0 Å². The number of rotatable bonds is 2. The van der Waals surface area contributed by atoms with Gasteiger partial charge in [0.25, 0.3) is 0 Å². The van der Waals surface area contributed by atoms with Crippen molar-refractivity contribution in [2.24, 2.45) is 12.8 Å². The van der Waals surface area contributed by atoms with Gasteiger partial charge in [0.1, 0.15) is 0 Å². The highest BCUT2D eigenvalue weighted by atomic mass is 16.3. The van der Waals surface area contributed by atoms with E-state index >= 15 is 0 Å². The van der Waals surface area contributed by atoms with Crippen molar-refractivity contribution in [1.82, 2.24) is 4.57 Å². The smallest absolute Gasteiger partial charge is 0.0932 e. The summed E-state index contributed by atoms with van der Waals surface area (Å²) < 4.78 is 2.05. The van der Waals surface area contributed by atoms with Crippen LogP contribution in [0, 0.1) is 13.8 Å². The first-order valence-corrected chi connectivity index (χ1v) is 5.49. The van der Waals surface area contributed by atoms with Gasteiger partial charge in [0.2, 0.25) is 0 Å². The minimum absolute atomic E-state index is 0.256. The summed E-state index contributed by atoms with van der Waals surface area (Å²) in [6.45, 7) is 4.41. The number of hydrogen-bond acceptors (Lipinski definition) is 2. The summed E-state index contributed by atoms with van der Waals surface area (Å²) in [4.78, 5) is 0. The highest BCUT2D eigenvalue weighted by molar-refractivity contribution is 5.87. The molecular weight excluding hydrogens is 200 g/mol. The monoisotopic (exact) mass is 218 g/mol. The van der Waals surface area contributed by atoms with E-state index in [4.69, 9.17) is 5.73 Å². The minimum atomic E-state index is -0.579. The van der Waals surface area contributed by atoms with Gasteiger partial charge in [-0.2, -0.15) is 0 Å². The van der Waals surface area contributed by atoms with Gasteiger partial charge in [0.05, 0.1) is 11.6 Å². The third-order valence-corrected chi connectivity index (χ3v) is 3.02. The van der Waals surface area contributed by atoms with E-state index < -0.39 is 6.10 Å². The van der Waals surface area contributed by atoms with E-state index in [1.165, 1.54) is 16.6 Å². The summed E-state index contributed by atoms with van der Waals surface area (Å²) in [6, 6.07) is 4.26. The largest absolute Gasteiger partial charge is 0.387 e. The number of aromatic nitrogens is 1. The van der Waals surface area contributed by atoms with Crippen LogP contribution in [0.15, 0.2) is 18.3 Å². The summed E-state index contributed by atoms with van der Waals surface area (Å²) in [6.07, 6.45) is 1.39. The number of aryl methyl sites for hydroxylation is 3. The molecule has 2 aromatic rings. The van der Waals surface area contributed by atoms with Crippen LogP contribution < -0.4 is 5.73 Å². The van der Waals surface area contributed by atoms with E-state index in [9.17, 15) is 5.11 Å². The highest BCUT2D eigenvalue weighted by Crippen LogP contribution is 2.28. The molecule has 86 valence electrons. The fraction of sp³-hybridized carbons (Fsp3) is 0.385. The fourth-order valence-corrected chi connectivity index (χ4v) is 2.38. The Kier molecular flexibility index (Phi) is 2.74. The maximum atomic E-state index is 9.88. The van der Waals surface area contributed by atoms with Crippen molar-refractivity contribution < 1.29 is 5.11 Å². The number of benzene rings is 1. The van der Waals surface area contributed by atoms with Gasteiger partial charge in [-0.3, -0.25) is 0 Å². The molecule has 1 heterocycles. The highest BCUT2D eigenvalue weighted by Gasteiger charge is 2.14. The van der Waals surface area contributed by atoms with Crippen LogP contribution in [-0.4, -0.2) is 16.2 Å². The van der Waals surface area contributed by atoms with Crippen molar-refractivity contribution in [3.05, 3.63) is 35.0 Å². The zero-order chi connectivity index (χ0) is 11.9. The summed E-state index contributed by atoms with van der Waals surface area (Å²) in [5, 5.41) is 11.0. The van der Waals surface area contributed by atoms with Crippen molar-refractivity contribution in [3.63, 3.8) is 0 Å². The molecule has 1 unspecified atom stereocenters. The first kappa shape index (κ1) is 11.2. The van der Waals surface area contributed by atoms with E-state index in [0.717, 1.165) is 10.9 Å². The number of fused-ring (bicyclic) bond motifs is 1. The SMILES string of the molecule is Cc1cc(C)c2c(c1)c(C(O)CN)cn2C. The lowest BCUT2D eigenvalue weighted by Crippen LogP contribution is -2.11. The molecule has 3 heteroatoms. The normalized spacial score (nSPS) is 13.3. The van der Waals surface area contributed by atoms with Gasteiger partial charge < -0.3 is 15.4 Å². The Labute approximate surface area is 95.5 Å². The number of aliphatic hydroxyl groups is 1. The van der Waals surface area contributed by atoms with E-state index in [-0.39, 0.29) is 6.54 Å². The van der Waals surface area contributed by atoms with Crippen molar-refractivity contribution in [2.45, 2.75) is 20.0 Å². The Morgan fingerprint density at radius 3 is 2.69 bits per heavy atom. The molecule has 0 bridgehead atoms. The standard InChI is InChI=1S/C13H18N2O/c1-8-4-9(2)13-10(5-8)11(7-15(13)3)12(16)6-14/h4-5,7,12,16H,6,14H2,1-3H3. The zero-order valence-corrected chi connectivity index (χ0v) is 9.99. The lowest BCUT2D eigenvalue weighted by molar-refractivity contribution is 0.188. The third-order valence-electron chi connectivity index (χ3n) is 3.02. The number of hydrogen-bond donors (Lipinski definition) is 2. The van der Waals surface area contributed by atoms with Crippen LogP contribution >= 0.6 is 0 Å². The number of nitrogens with two attached hydrogens (primary N) is 1. The topological polar surface area (TPSA) is 51.2 Å². The second-order valence-corrected chi connectivity index (χ2v) is 4.42. The van der Waals surface area contributed by atoms with Gasteiger partial charge in [-0.05, 0) is 25.5 Å². The minimum Gasteiger partial charge on any atom is -0.387 e. The Balaban J connectivity index is 2.78. The van der Waals surface area contributed by atoms with E-state index in [2.05, 4.69) is 30.5 Å². The average molecular weight is 218 g/mol. The summed E-state index contributed by atoms with van der Waals surface area (Å²) in [7, 11) is 2.00. The first-order valence-electron chi connectivity index (χ1n) is 5.49. The van der Waals surface area contributed by atoms with Crippen molar-refractivity contribution in [2.75, 3.05) is 6.54 Å². The van der Waals surface area contributed by atoms with Gasteiger partial charge in [-0.1, -0.05) is 11.6 Å². The van der Waals surface area contributed by atoms with Crippen LogP contribution in [0.2, 0.25) is 0 Å². The molecule has 16 heavy (non-hydrogen) atoms. The van der Waals surface area contributed by atoms with Crippen molar-refractivity contribution in [3.8, 4) is 0 Å². The lowest BCUT2D eigenvalue weighted by atomic mass is 10.0. The second kappa shape index (κ2) is 3.92. The fourth-order valence-electron chi connectivity index (χ4n) is 2.38. The molecule has 0 saturated carbocycles. The van der Waals surface area contributed by atoms with E-state index in [1.807, 2.05) is 13.2 Å². The zero-order valence-electron chi connectivity index (χ0n) is 9.99. The van der Waals surface area contributed by atoms with Gasteiger partial charge in [-0.25, -0.2) is 0 Å². The molecule has 1 aromatic carbocycles. The van der Waals surface area contributed by atoms with Crippen LogP contribution in [0.3, 0.4) is 0 Å². The van der Waals surface area contributed by atoms with Gasteiger partial charge >= 0.3 is 0 Å². The van der Waals surface area contributed by atoms with Crippen LogP contribution in [-0.2, 0) is 7.05 Å². The Morgan fingerprint density at radius 2 is 2.06 bits per heavy atom. The molecule has 3 nitrogen and oxygen atoms in total. The predicted octanol–water partition coefficient (Wildman–Crippen LogP) is 1.79. The number of nitrogens with zero attached hydrogens (tertiary/aromatic N) is 1. The maximum Gasteiger partial charge on any atom is 0.0932 e. The average Bonchev–Trinajstić information content (AvgIpc) is 2.54. The van der Waals surface area contributed by atoms with Crippen molar-refractivity contribution >= 4 is 10.9 Å². The predicted molar refractivity (Wildman–Crippen MR) is 66.4 cm³/mol. The molecule has 1 atom stereocenters. The lowest BCUT2D eigenvalue weighted by Gasteiger charge is -2.07. The van der Waals surface area contributed by atoms with Crippen LogP contribution in [0.4, 0.5) is 0 Å². The molecule has 3 N–H and O–H groups in total. The molecule has 0 spiro atoms. The molecule has 0 fully saturated rings. The van der Waals surface area contributed by atoms with Crippen LogP contribution in [0.25, 0.3) is 10.9 Å². The van der Waals surface area contributed by atoms with Gasteiger partial charge in [0, 0.05) is 30.7 Å². The molecule has 0 aliphatic rings. The Hall–Kier alpha value is -1.32. The Morgan fingerprint density at radius 1 is 1.38 bits per heavy atom. The summed E-state index contributed by atoms with van der Waals surface area (Å²) >= 11 is 0.